The Kier molecular flexibility index (Phi) is 35.1. The monoisotopic (exact) mass is 1380 g/mol. The summed E-state index contributed by atoms with van der Waals surface area (Å²) in [5.74, 6) is 3.16. The van der Waals surface area contributed by atoms with E-state index < -0.39 is 0 Å². The maximum Gasteiger partial charge on any atom is 0.337 e. The molecule has 1 amide bonds. The van der Waals surface area contributed by atoms with E-state index in [-0.39, 0.29) is 36.4 Å². The van der Waals surface area contributed by atoms with Crippen molar-refractivity contribution >= 4 is 106 Å². The van der Waals surface area contributed by atoms with Crippen LogP contribution in [0, 0.1) is 0 Å². The molecule has 12 rings (SSSR count). The van der Waals surface area contributed by atoms with Gasteiger partial charge in [0, 0.05) is 77.6 Å². The van der Waals surface area contributed by atoms with E-state index in [1.807, 2.05) is 78.9 Å². The molecule has 8 heterocycles. The van der Waals surface area contributed by atoms with Crippen LogP contribution in [0.5, 0.6) is 0 Å². The molecular formula is C64H80Cl4N18O9. The van der Waals surface area contributed by atoms with E-state index in [1.54, 1.807) is 66.7 Å². The average Bonchev–Trinajstić information content (AvgIpc) is 1.40. The van der Waals surface area contributed by atoms with Crippen molar-refractivity contribution < 1.29 is 42.8 Å². The largest absolute Gasteiger partial charge is 0.465 e. The molecule has 508 valence electrons. The van der Waals surface area contributed by atoms with Crippen molar-refractivity contribution in [3.63, 3.8) is 0 Å². The number of hydrogen-bond acceptors (Lipinski definition) is 26. The molecule has 4 aliphatic heterocycles. The Morgan fingerprint density at radius 3 is 1.16 bits per heavy atom. The van der Waals surface area contributed by atoms with Crippen LogP contribution in [0.4, 0.5) is 40.5 Å². The lowest BCUT2D eigenvalue weighted by molar-refractivity contribution is 0.0592. The van der Waals surface area contributed by atoms with Gasteiger partial charge in [0.15, 0.2) is 32.9 Å². The van der Waals surface area contributed by atoms with Crippen molar-refractivity contribution in [2.45, 2.75) is 19.6 Å². The number of carbonyl (C=O) groups excluding carboxylic acids is 3. The number of aromatic nitrogens is 8. The summed E-state index contributed by atoms with van der Waals surface area (Å²) in [6.45, 7) is 15.0. The summed E-state index contributed by atoms with van der Waals surface area (Å²) in [5.41, 5.74) is 17.1. The van der Waals surface area contributed by atoms with Gasteiger partial charge in [-0.25, -0.2) is 9.59 Å². The van der Waals surface area contributed by atoms with Crippen molar-refractivity contribution in [2.24, 2.45) is 5.73 Å². The standard InChI is InChI=1S/C22H24N6O2.C17H20N4O3.C9H11NO2.C8H10ClN3O.C4H2Cl2N2.C4H9NO.ClH.H3N/c23-18-3-1-2-4-19(18)25-22(29)17-7-5-16(6-8-17)15-24-20-9-10-21(27-26-20)28-11-13-30-14-12-28;1-23-17(22)14-4-2-13(3-5-14)12-18-15-6-7-16(20-19-15)21-8-10-24-11-9-21;1-12-9(11)8-4-2-7(6-10)3-5-8;9-7-1-2-8(11-10-7)12-3-5-13-6-4-12;5-3-1-2-4(6)8-7-3;1-3-6-4-2-5-1;;/h1-10H,11-15,23H2,(H,24,26)(H,25,29);2-7H,8-12H2,1H3,(H,18,19);2-5H,6,10H2,1H3;1-2H,3-6H2;1-2H;5H,1-4H2;1H;1H3. The van der Waals surface area contributed by atoms with E-state index >= 15 is 0 Å². The van der Waals surface area contributed by atoms with Crippen molar-refractivity contribution in [3.05, 3.63) is 194 Å². The number of para-hydroxylation sites is 2. The summed E-state index contributed by atoms with van der Waals surface area (Å²) >= 11 is 16.4. The van der Waals surface area contributed by atoms with E-state index in [0.717, 1.165) is 126 Å². The highest BCUT2D eigenvalue weighted by molar-refractivity contribution is 6.31. The number of halogens is 4. The topological polar surface area (TPSA) is 355 Å². The number of amides is 1. The van der Waals surface area contributed by atoms with Crippen LogP contribution in [0.2, 0.25) is 15.5 Å². The lowest BCUT2D eigenvalue weighted by Crippen LogP contribution is -2.36. The zero-order valence-corrected chi connectivity index (χ0v) is 55.9. The Hall–Kier alpha value is -8.71. The van der Waals surface area contributed by atoms with Gasteiger partial charge in [0.1, 0.15) is 11.6 Å². The number of anilines is 7. The molecule has 0 spiro atoms. The summed E-state index contributed by atoms with van der Waals surface area (Å²) < 4.78 is 30.1. The van der Waals surface area contributed by atoms with Gasteiger partial charge in [0.05, 0.1) is 89.6 Å². The number of hydrogen-bond donors (Lipinski definition) is 7. The third kappa shape index (κ3) is 27.6. The summed E-state index contributed by atoms with van der Waals surface area (Å²) in [7, 11) is 2.73. The van der Waals surface area contributed by atoms with Gasteiger partial charge >= 0.3 is 11.9 Å². The molecule has 4 aromatic heterocycles. The van der Waals surface area contributed by atoms with Crippen LogP contribution >= 0.6 is 47.2 Å². The molecule has 0 bridgehead atoms. The molecule has 31 heteroatoms. The third-order valence-electron chi connectivity index (χ3n) is 13.7. The van der Waals surface area contributed by atoms with Crippen LogP contribution in [-0.4, -0.2) is 178 Å². The quantitative estimate of drug-likeness (QED) is 0.0397. The number of nitrogens with one attached hydrogen (secondary N) is 4. The number of ether oxygens (including phenoxy) is 6. The van der Waals surface area contributed by atoms with Crippen molar-refractivity contribution in [3.8, 4) is 0 Å². The number of nitrogen functional groups attached to an aromatic ring is 1. The van der Waals surface area contributed by atoms with E-state index in [4.69, 9.17) is 65.2 Å². The summed E-state index contributed by atoms with van der Waals surface area (Å²) in [6, 6.07) is 43.4. The highest BCUT2D eigenvalue weighted by Gasteiger charge is 2.16. The number of esters is 2. The van der Waals surface area contributed by atoms with E-state index in [1.165, 1.54) is 14.2 Å². The second kappa shape index (κ2) is 43.3. The summed E-state index contributed by atoms with van der Waals surface area (Å²) in [6.07, 6.45) is 0. The smallest absolute Gasteiger partial charge is 0.337 e. The van der Waals surface area contributed by atoms with Gasteiger partial charge in [-0.1, -0.05) is 83.3 Å². The minimum atomic E-state index is -0.334. The number of benzene rings is 4. The van der Waals surface area contributed by atoms with Crippen LogP contribution in [0.3, 0.4) is 0 Å². The first-order valence-corrected chi connectivity index (χ1v) is 30.9. The van der Waals surface area contributed by atoms with Gasteiger partial charge in [-0.2, -0.15) is 0 Å². The molecule has 0 radical (unpaired) electrons. The molecule has 0 atom stereocenters. The number of morpholine rings is 4. The van der Waals surface area contributed by atoms with Crippen molar-refractivity contribution in [1.29, 1.82) is 0 Å². The maximum atomic E-state index is 12.4. The van der Waals surface area contributed by atoms with Crippen LogP contribution in [-0.2, 0) is 48.1 Å². The van der Waals surface area contributed by atoms with Crippen LogP contribution in [0.1, 0.15) is 47.8 Å². The molecule has 27 nitrogen and oxygen atoms in total. The Morgan fingerprint density at radius 1 is 0.474 bits per heavy atom. The maximum absolute atomic E-state index is 12.4. The number of methoxy groups -OCH3 is 2. The lowest BCUT2D eigenvalue weighted by atomic mass is 10.1. The molecule has 11 N–H and O–H groups in total. The molecule has 0 aliphatic carbocycles. The predicted molar refractivity (Wildman–Crippen MR) is 372 cm³/mol. The fourth-order valence-electron chi connectivity index (χ4n) is 8.58. The van der Waals surface area contributed by atoms with E-state index in [0.29, 0.717) is 88.0 Å². The first-order chi connectivity index (χ1) is 45.4. The molecule has 95 heavy (non-hydrogen) atoms. The molecule has 0 unspecified atom stereocenters. The molecule has 4 aliphatic rings. The number of nitrogens with zero attached hydrogens (tertiary/aromatic N) is 11. The highest BCUT2D eigenvalue weighted by Crippen LogP contribution is 2.20. The van der Waals surface area contributed by atoms with Crippen LogP contribution in [0.15, 0.2) is 146 Å². The third-order valence-corrected chi connectivity index (χ3v) is 14.3. The Balaban J connectivity index is 0.000000223. The van der Waals surface area contributed by atoms with Crippen LogP contribution < -0.4 is 53.6 Å². The summed E-state index contributed by atoms with van der Waals surface area (Å²) in [5, 5.41) is 45.3. The summed E-state index contributed by atoms with van der Waals surface area (Å²) in [4.78, 5) is 41.2. The van der Waals surface area contributed by atoms with Gasteiger partial charge in [-0.15, -0.1) is 53.2 Å². The van der Waals surface area contributed by atoms with Gasteiger partial charge in [0.2, 0.25) is 0 Å². The van der Waals surface area contributed by atoms with Gasteiger partial charge in [-0.3, -0.25) is 4.79 Å². The molecule has 0 saturated carbocycles. The lowest BCUT2D eigenvalue weighted by Gasteiger charge is -2.27. The minimum Gasteiger partial charge on any atom is -0.465 e. The van der Waals surface area contributed by atoms with Gasteiger partial charge in [-0.05, 0) is 114 Å². The van der Waals surface area contributed by atoms with Crippen molar-refractivity contribution in [1.82, 2.24) is 52.3 Å². The Morgan fingerprint density at radius 2 is 0.832 bits per heavy atom. The van der Waals surface area contributed by atoms with Gasteiger partial charge in [0.25, 0.3) is 5.91 Å². The zero-order valence-electron chi connectivity index (χ0n) is 52.8. The fraction of sp³-hybridized carbons (Fsp3) is 0.328. The first kappa shape index (κ1) is 77.0. The highest BCUT2D eigenvalue weighted by atomic mass is 35.5. The average molecular weight is 1390 g/mol. The Labute approximate surface area is 573 Å². The molecule has 4 saturated heterocycles. The zero-order chi connectivity index (χ0) is 65.8. The second-order valence-corrected chi connectivity index (χ2v) is 21.3. The van der Waals surface area contributed by atoms with Crippen molar-refractivity contribution in [2.75, 3.05) is 156 Å². The van der Waals surface area contributed by atoms with E-state index in [2.05, 4.69) is 86.2 Å². The molecule has 4 fully saturated rings. The second-order valence-electron chi connectivity index (χ2n) is 20.1. The SMILES string of the molecule is C1COCCN1.COC(=O)c1ccc(CN)cc1.COC(=O)c1ccc(CNc2ccc(N3CCOCC3)nn2)cc1.Cl.Clc1ccc(Cl)nn1.Clc1ccc(N2CCOCC2)nn1.N.Nc1ccccc1NC(=O)c1ccc(CNc2ccc(N3CCOCC3)nn2)cc1. The van der Waals surface area contributed by atoms with E-state index in [9.17, 15) is 14.4 Å². The molecule has 4 aromatic carbocycles. The predicted octanol–water partition coefficient (Wildman–Crippen LogP) is 8.34. The fourth-order valence-corrected chi connectivity index (χ4v) is 8.88. The Bertz CT molecular complexity index is 3420. The van der Waals surface area contributed by atoms with Gasteiger partial charge < -0.3 is 82.0 Å². The normalized spacial score (nSPS) is 13.8. The molecule has 8 aromatic rings. The molecular weight excluding hydrogens is 1310 g/mol. The minimum absolute atomic E-state index is 0. The number of nitrogens with two attached hydrogens (primary N) is 2. The van der Waals surface area contributed by atoms with Crippen LogP contribution in [0.25, 0.3) is 0 Å². The number of carbonyl (C=O) groups is 3. The number of rotatable bonds is 14. The first-order valence-electron chi connectivity index (χ1n) is 29.7.